The SMILES string of the molecule is Cc1ccc(C(C)NCC2CN(C(=O)OCc3ccccc3)CCO2)s1. The number of carbonyl (C=O) groups is 1. The van der Waals surface area contributed by atoms with E-state index >= 15 is 0 Å². The van der Waals surface area contributed by atoms with Crippen LogP contribution in [0, 0.1) is 6.92 Å². The fraction of sp³-hybridized carbons (Fsp3) is 0.450. The van der Waals surface area contributed by atoms with Gasteiger partial charge < -0.3 is 19.7 Å². The number of rotatable bonds is 6. The van der Waals surface area contributed by atoms with Crippen molar-refractivity contribution < 1.29 is 14.3 Å². The lowest BCUT2D eigenvalue weighted by molar-refractivity contribution is -0.0278. The normalized spacial score (nSPS) is 18.5. The summed E-state index contributed by atoms with van der Waals surface area (Å²) in [5.41, 5.74) is 0.993. The van der Waals surface area contributed by atoms with Gasteiger partial charge in [0.05, 0.1) is 19.3 Å². The van der Waals surface area contributed by atoms with Crippen LogP contribution in [0.25, 0.3) is 0 Å². The van der Waals surface area contributed by atoms with Crippen LogP contribution in [0.15, 0.2) is 42.5 Å². The fourth-order valence-corrected chi connectivity index (χ4v) is 3.82. The van der Waals surface area contributed by atoms with E-state index in [2.05, 4.69) is 31.3 Å². The van der Waals surface area contributed by atoms with E-state index in [1.54, 1.807) is 16.2 Å². The Balaban J connectivity index is 1.43. The van der Waals surface area contributed by atoms with E-state index in [1.165, 1.54) is 9.75 Å². The standard InChI is InChI=1S/C20H26N2O3S/c1-15-8-9-19(26-15)16(2)21-12-18-13-22(10-11-24-18)20(23)25-14-17-6-4-3-5-7-17/h3-9,16,18,21H,10-14H2,1-2H3. The molecule has 1 N–H and O–H groups in total. The molecule has 1 fully saturated rings. The second-order valence-corrected chi connectivity index (χ2v) is 7.88. The Labute approximate surface area is 158 Å². The number of benzene rings is 1. The minimum atomic E-state index is -0.274. The molecule has 2 unspecified atom stereocenters. The van der Waals surface area contributed by atoms with Crippen LogP contribution in [-0.4, -0.2) is 43.3 Å². The van der Waals surface area contributed by atoms with Gasteiger partial charge in [0.25, 0.3) is 0 Å². The van der Waals surface area contributed by atoms with Gasteiger partial charge >= 0.3 is 6.09 Å². The minimum Gasteiger partial charge on any atom is -0.445 e. The maximum atomic E-state index is 12.3. The van der Waals surface area contributed by atoms with Crippen LogP contribution < -0.4 is 5.32 Å². The van der Waals surface area contributed by atoms with Crippen molar-refractivity contribution >= 4 is 17.4 Å². The number of morpholine rings is 1. The van der Waals surface area contributed by atoms with E-state index in [-0.39, 0.29) is 18.2 Å². The number of thiophene rings is 1. The van der Waals surface area contributed by atoms with Crippen molar-refractivity contribution in [1.29, 1.82) is 0 Å². The molecule has 0 bridgehead atoms. The average Bonchev–Trinajstić information content (AvgIpc) is 3.12. The minimum absolute atomic E-state index is 0.0171. The number of hydrogen-bond donors (Lipinski definition) is 1. The van der Waals surface area contributed by atoms with Crippen molar-refractivity contribution in [1.82, 2.24) is 10.2 Å². The van der Waals surface area contributed by atoms with Gasteiger partial charge in [-0.2, -0.15) is 0 Å². The highest BCUT2D eigenvalue weighted by molar-refractivity contribution is 7.12. The van der Waals surface area contributed by atoms with E-state index < -0.39 is 0 Å². The molecule has 0 aliphatic carbocycles. The number of ether oxygens (including phenoxy) is 2. The molecular weight excluding hydrogens is 348 g/mol. The third-order valence-corrected chi connectivity index (χ3v) is 5.63. The highest BCUT2D eigenvalue weighted by atomic mass is 32.1. The summed E-state index contributed by atoms with van der Waals surface area (Å²) in [7, 11) is 0. The van der Waals surface area contributed by atoms with E-state index in [0.29, 0.717) is 32.8 Å². The first kappa shape index (κ1) is 18.9. The number of nitrogens with one attached hydrogen (secondary N) is 1. The molecule has 5 nitrogen and oxygen atoms in total. The molecule has 1 aromatic heterocycles. The molecule has 0 radical (unpaired) electrons. The predicted molar refractivity (Wildman–Crippen MR) is 103 cm³/mol. The van der Waals surface area contributed by atoms with E-state index in [9.17, 15) is 4.79 Å². The van der Waals surface area contributed by atoms with Crippen molar-refractivity contribution in [2.75, 3.05) is 26.2 Å². The molecule has 2 aromatic rings. The zero-order chi connectivity index (χ0) is 18.4. The fourth-order valence-electron chi connectivity index (χ4n) is 2.91. The molecule has 1 aliphatic rings. The number of nitrogens with zero attached hydrogens (tertiary/aromatic N) is 1. The molecular formula is C20H26N2O3S. The number of amides is 1. The Hall–Kier alpha value is -1.89. The maximum absolute atomic E-state index is 12.3. The number of carbonyl (C=O) groups excluding carboxylic acids is 1. The Morgan fingerprint density at radius 3 is 2.88 bits per heavy atom. The van der Waals surface area contributed by atoms with Crippen molar-refractivity contribution in [2.24, 2.45) is 0 Å². The topological polar surface area (TPSA) is 50.8 Å². The third-order valence-electron chi connectivity index (χ3n) is 4.44. The second-order valence-electron chi connectivity index (χ2n) is 6.56. The van der Waals surface area contributed by atoms with E-state index in [1.807, 2.05) is 30.3 Å². The summed E-state index contributed by atoms with van der Waals surface area (Å²) in [5, 5.41) is 3.51. The molecule has 6 heteroatoms. The molecule has 1 aromatic carbocycles. The lowest BCUT2D eigenvalue weighted by Crippen LogP contribution is -2.49. The molecule has 0 saturated carbocycles. The van der Waals surface area contributed by atoms with Gasteiger partial charge in [0.2, 0.25) is 0 Å². The van der Waals surface area contributed by atoms with Crippen molar-refractivity contribution in [3.05, 3.63) is 57.8 Å². The van der Waals surface area contributed by atoms with Gasteiger partial charge in [-0.25, -0.2) is 4.79 Å². The van der Waals surface area contributed by atoms with Gasteiger partial charge in [0.15, 0.2) is 0 Å². The van der Waals surface area contributed by atoms with Crippen LogP contribution in [0.4, 0.5) is 4.79 Å². The van der Waals surface area contributed by atoms with Crippen LogP contribution in [0.5, 0.6) is 0 Å². The first-order chi connectivity index (χ1) is 12.6. The average molecular weight is 375 g/mol. The number of aryl methyl sites for hydroxylation is 1. The zero-order valence-electron chi connectivity index (χ0n) is 15.3. The smallest absolute Gasteiger partial charge is 0.410 e. The maximum Gasteiger partial charge on any atom is 0.410 e. The highest BCUT2D eigenvalue weighted by Crippen LogP contribution is 2.22. The van der Waals surface area contributed by atoms with E-state index in [0.717, 1.165) is 5.56 Å². The largest absolute Gasteiger partial charge is 0.445 e. The highest BCUT2D eigenvalue weighted by Gasteiger charge is 2.25. The summed E-state index contributed by atoms with van der Waals surface area (Å²) in [6, 6.07) is 14.3. The Kier molecular flexibility index (Phi) is 6.66. The summed E-state index contributed by atoms with van der Waals surface area (Å²) < 4.78 is 11.2. The molecule has 3 rings (SSSR count). The first-order valence-electron chi connectivity index (χ1n) is 8.99. The van der Waals surface area contributed by atoms with Gasteiger partial charge in [-0.15, -0.1) is 11.3 Å². The molecule has 1 aliphatic heterocycles. The second kappa shape index (κ2) is 9.16. The summed E-state index contributed by atoms with van der Waals surface area (Å²) in [5.74, 6) is 0. The molecule has 1 saturated heterocycles. The molecule has 1 amide bonds. The zero-order valence-corrected chi connectivity index (χ0v) is 16.1. The lowest BCUT2D eigenvalue weighted by Gasteiger charge is -2.33. The number of hydrogen-bond acceptors (Lipinski definition) is 5. The van der Waals surface area contributed by atoms with Crippen LogP contribution in [-0.2, 0) is 16.1 Å². The molecule has 0 spiro atoms. The van der Waals surface area contributed by atoms with Gasteiger partial charge in [-0.1, -0.05) is 30.3 Å². The van der Waals surface area contributed by atoms with Gasteiger partial charge in [-0.05, 0) is 31.5 Å². The van der Waals surface area contributed by atoms with Gasteiger partial charge in [-0.3, -0.25) is 0 Å². The van der Waals surface area contributed by atoms with Crippen molar-refractivity contribution in [3.63, 3.8) is 0 Å². The van der Waals surface area contributed by atoms with Crippen molar-refractivity contribution in [3.8, 4) is 0 Å². The third kappa shape index (κ3) is 5.30. The Morgan fingerprint density at radius 1 is 1.35 bits per heavy atom. The molecule has 140 valence electrons. The monoisotopic (exact) mass is 374 g/mol. The quantitative estimate of drug-likeness (QED) is 0.837. The predicted octanol–water partition coefficient (Wildman–Crippen LogP) is 3.74. The van der Waals surface area contributed by atoms with E-state index in [4.69, 9.17) is 9.47 Å². The van der Waals surface area contributed by atoms with Crippen molar-refractivity contribution in [2.45, 2.75) is 32.6 Å². The van der Waals surface area contributed by atoms with Crippen LogP contribution in [0.3, 0.4) is 0 Å². The first-order valence-corrected chi connectivity index (χ1v) is 9.80. The summed E-state index contributed by atoms with van der Waals surface area (Å²) in [4.78, 5) is 16.7. The van der Waals surface area contributed by atoms with Crippen LogP contribution in [0.1, 0.15) is 28.3 Å². The molecule has 26 heavy (non-hydrogen) atoms. The van der Waals surface area contributed by atoms with Crippen LogP contribution >= 0.6 is 11.3 Å². The molecule has 2 heterocycles. The summed E-state index contributed by atoms with van der Waals surface area (Å²) in [6.45, 7) is 6.94. The van der Waals surface area contributed by atoms with Gasteiger partial charge in [0.1, 0.15) is 6.61 Å². The Morgan fingerprint density at radius 2 is 2.15 bits per heavy atom. The lowest BCUT2D eigenvalue weighted by atomic mass is 10.2. The van der Waals surface area contributed by atoms with Gasteiger partial charge in [0, 0.05) is 28.9 Å². The summed E-state index contributed by atoms with van der Waals surface area (Å²) >= 11 is 1.80. The van der Waals surface area contributed by atoms with Crippen LogP contribution in [0.2, 0.25) is 0 Å². The molecule has 2 atom stereocenters. The Bertz CT molecular complexity index is 704. The summed E-state index contributed by atoms with van der Waals surface area (Å²) in [6.07, 6.45) is -0.291.